The first-order valence-electron chi connectivity index (χ1n) is 5.97. The Morgan fingerprint density at radius 1 is 1.28 bits per heavy atom. The van der Waals surface area contributed by atoms with Crippen LogP contribution in [0.4, 0.5) is 5.69 Å². The lowest BCUT2D eigenvalue weighted by Crippen LogP contribution is -2.31. The van der Waals surface area contributed by atoms with E-state index in [0.717, 1.165) is 23.6 Å². The predicted molar refractivity (Wildman–Crippen MR) is 69.2 cm³/mol. The maximum atomic E-state index is 11.1. The molecule has 0 aromatic heterocycles. The Hall–Kier alpha value is -1.91. The molecule has 1 aliphatic rings. The van der Waals surface area contributed by atoms with Crippen molar-refractivity contribution in [2.45, 2.75) is 18.9 Å². The van der Waals surface area contributed by atoms with Gasteiger partial charge in [0.1, 0.15) is 11.5 Å². The lowest BCUT2D eigenvalue weighted by Gasteiger charge is -2.14. The Morgan fingerprint density at radius 2 is 1.94 bits per heavy atom. The number of carbonyl (C=O) groups is 1. The van der Waals surface area contributed by atoms with Crippen LogP contribution in [-0.2, 0) is 4.79 Å². The van der Waals surface area contributed by atoms with E-state index < -0.39 is 0 Å². The van der Waals surface area contributed by atoms with Gasteiger partial charge < -0.3 is 20.1 Å². The molecule has 1 aliphatic heterocycles. The highest BCUT2D eigenvalue weighted by atomic mass is 16.5. The number of methoxy groups -OCH3 is 2. The maximum Gasteiger partial charge on any atom is 0.220 e. The fourth-order valence-electron chi connectivity index (χ4n) is 1.98. The Bertz CT molecular complexity index is 412. The van der Waals surface area contributed by atoms with Crippen LogP contribution in [0.1, 0.15) is 12.8 Å². The van der Waals surface area contributed by atoms with E-state index in [4.69, 9.17) is 9.47 Å². The first kappa shape index (κ1) is 12.5. The number of carbonyl (C=O) groups excluding carboxylic acids is 1. The van der Waals surface area contributed by atoms with Crippen molar-refractivity contribution in [3.05, 3.63) is 18.2 Å². The molecule has 1 aromatic carbocycles. The number of hydrogen-bond donors (Lipinski definition) is 2. The molecule has 1 fully saturated rings. The Morgan fingerprint density at radius 3 is 2.44 bits per heavy atom. The lowest BCUT2D eigenvalue weighted by molar-refractivity contribution is -0.119. The number of benzene rings is 1. The molecule has 0 saturated carbocycles. The smallest absolute Gasteiger partial charge is 0.220 e. The minimum Gasteiger partial charge on any atom is -0.497 e. The Labute approximate surface area is 106 Å². The van der Waals surface area contributed by atoms with Gasteiger partial charge in [-0.15, -0.1) is 0 Å². The van der Waals surface area contributed by atoms with Gasteiger partial charge in [-0.1, -0.05) is 0 Å². The molecule has 18 heavy (non-hydrogen) atoms. The van der Waals surface area contributed by atoms with Crippen LogP contribution in [0.5, 0.6) is 11.5 Å². The third kappa shape index (κ3) is 3.06. The number of amides is 1. The molecular formula is C13H18N2O3. The van der Waals surface area contributed by atoms with Crippen LogP contribution < -0.4 is 20.1 Å². The highest BCUT2D eigenvalue weighted by molar-refractivity contribution is 5.78. The summed E-state index contributed by atoms with van der Waals surface area (Å²) < 4.78 is 10.4. The first-order valence-corrected chi connectivity index (χ1v) is 5.97. The van der Waals surface area contributed by atoms with Gasteiger partial charge in [-0.05, 0) is 6.42 Å². The summed E-state index contributed by atoms with van der Waals surface area (Å²) in [7, 11) is 3.24. The van der Waals surface area contributed by atoms with Gasteiger partial charge in [0.15, 0.2) is 0 Å². The standard InChI is InChI=1S/C13H18N2O3/c1-17-11-5-10(6-12(7-11)18-2)14-8-9-3-4-13(16)15-9/h5-7,9,14H,3-4,8H2,1-2H3,(H,15,16). The SMILES string of the molecule is COc1cc(NCC2CCC(=O)N2)cc(OC)c1. The van der Waals surface area contributed by atoms with Gasteiger partial charge in [-0.3, -0.25) is 4.79 Å². The van der Waals surface area contributed by atoms with Gasteiger partial charge in [-0.2, -0.15) is 0 Å². The normalized spacial score (nSPS) is 18.3. The monoisotopic (exact) mass is 250 g/mol. The fraction of sp³-hybridized carbons (Fsp3) is 0.462. The summed E-state index contributed by atoms with van der Waals surface area (Å²) in [6.45, 7) is 0.710. The van der Waals surface area contributed by atoms with E-state index in [-0.39, 0.29) is 11.9 Å². The van der Waals surface area contributed by atoms with Crippen molar-refractivity contribution in [1.82, 2.24) is 5.32 Å². The number of rotatable bonds is 5. The third-order valence-electron chi connectivity index (χ3n) is 2.99. The van der Waals surface area contributed by atoms with E-state index in [1.165, 1.54) is 0 Å². The van der Waals surface area contributed by atoms with Crippen LogP contribution in [0, 0.1) is 0 Å². The lowest BCUT2D eigenvalue weighted by atomic mass is 10.2. The zero-order chi connectivity index (χ0) is 13.0. The first-order chi connectivity index (χ1) is 8.71. The Balaban J connectivity index is 1.97. The van der Waals surface area contributed by atoms with Crippen molar-refractivity contribution >= 4 is 11.6 Å². The van der Waals surface area contributed by atoms with Crippen LogP contribution in [-0.4, -0.2) is 32.7 Å². The molecule has 1 saturated heterocycles. The zero-order valence-electron chi connectivity index (χ0n) is 10.7. The summed E-state index contributed by atoms with van der Waals surface area (Å²) in [5.74, 6) is 1.62. The van der Waals surface area contributed by atoms with Crippen LogP contribution in [0.25, 0.3) is 0 Å². The summed E-state index contributed by atoms with van der Waals surface area (Å²) in [5, 5.41) is 6.20. The van der Waals surface area contributed by atoms with E-state index >= 15 is 0 Å². The van der Waals surface area contributed by atoms with E-state index in [9.17, 15) is 4.79 Å². The van der Waals surface area contributed by atoms with E-state index in [1.807, 2.05) is 18.2 Å². The molecule has 0 aliphatic carbocycles. The second-order valence-electron chi connectivity index (χ2n) is 4.29. The van der Waals surface area contributed by atoms with Crippen LogP contribution in [0.15, 0.2) is 18.2 Å². The third-order valence-corrected chi connectivity index (χ3v) is 2.99. The predicted octanol–water partition coefficient (Wildman–Crippen LogP) is 1.39. The molecule has 0 spiro atoms. The average Bonchev–Trinajstić information content (AvgIpc) is 2.81. The van der Waals surface area contributed by atoms with Crippen molar-refractivity contribution in [3.8, 4) is 11.5 Å². The van der Waals surface area contributed by atoms with Gasteiger partial charge in [0, 0.05) is 42.9 Å². The largest absolute Gasteiger partial charge is 0.497 e. The van der Waals surface area contributed by atoms with Crippen LogP contribution in [0.2, 0.25) is 0 Å². The van der Waals surface area contributed by atoms with E-state index in [0.29, 0.717) is 13.0 Å². The van der Waals surface area contributed by atoms with Gasteiger partial charge in [0.05, 0.1) is 14.2 Å². The molecule has 0 bridgehead atoms. The summed E-state index contributed by atoms with van der Waals surface area (Å²) in [6.07, 6.45) is 1.50. The number of anilines is 1. The van der Waals surface area contributed by atoms with Crippen LogP contribution in [0.3, 0.4) is 0 Å². The van der Waals surface area contributed by atoms with Crippen molar-refractivity contribution in [1.29, 1.82) is 0 Å². The second kappa shape index (κ2) is 5.62. The molecule has 2 N–H and O–H groups in total. The van der Waals surface area contributed by atoms with Crippen molar-refractivity contribution in [2.24, 2.45) is 0 Å². The van der Waals surface area contributed by atoms with Gasteiger partial charge >= 0.3 is 0 Å². The maximum absolute atomic E-state index is 11.1. The zero-order valence-corrected chi connectivity index (χ0v) is 10.7. The molecule has 5 nitrogen and oxygen atoms in total. The topological polar surface area (TPSA) is 59.6 Å². The average molecular weight is 250 g/mol. The quantitative estimate of drug-likeness (QED) is 0.829. The minimum atomic E-state index is 0.130. The molecule has 1 heterocycles. The molecule has 0 radical (unpaired) electrons. The van der Waals surface area contributed by atoms with Gasteiger partial charge in [-0.25, -0.2) is 0 Å². The minimum absolute atomic E-state index is 0.130. The molecule has 1 atom stereocenters. The molecule has 1 amide bonds. The molecule has 1 aromatic rings. The number of nitrogens with one attached hydrogen (secondary N) is 2. The summed E-state index contributed by atoms with van der Waals surface area (Å²) in [5.41, 5.74) is 0.923. The van der Waals surface area contributed by atoms with Crippen molar-refractivity contribution < 1.29 is 14.3 Å². The highest BCUT2D eigenvalue weighted by Gasteiger charge is 2.20. The molecule has 2 rings (SSSR count). The molecule has 5 heteroatoms. The molecule has 98 valence electrons. The van der Waals surface area contributed by atoms with E-state index in [1.54, 1.807) is 14.2 Å². The summed E-state index contributed by atoms with van der Waals surface area (Å²) >= 11 is 0. The van der Waals surface area contributed by atoms with Gasteiger partial charge in [0.2, 0.25) is 5.91 Å². The van der Waals surface area contributed by atoms with Crippen LogP contribution >= 0.6 is 0 Å². The van der Waals surface area contributed by atoms with Gasteiger partial charge in [0.25, 0.3) is 0 Å². The fourth-order valence-corrected chi connectivity index (χ4v) is 1.98. The Kier molecular flexibility index (Phi) is 3.92. The number of hydrogen-bond acceptors (Lipinski definition) is 4. The molecule has 1 unspecified atom stereocenters. The molecular weight excluding hydrogens is 232 g/mol. The summed E-state index contributed by atoms with van der Waals surface area (Å²) in [4.78, 5) is 11.1. The second-order valence-corrected chi connectivity index (χ2v) is 4.29. The van der Waals surface area contributed by atoms with Crippen molar-refractivity contribution in [3.63, 3.8) is 0 Å². The summed E-state index contributed by atoms with van der Waals surface area (Å²) in [6, 6.07) is 5.83. The van der Waals surface area contributed by atoms with Crippen molar-refractivity contribution in [2.75, 3.05) is 26.1 Å². The highest BCUT2D eigenvalue weighted by Crippen LogP contribution is 2.25. The number of ether oxygens (including phenoxy) is 2. The van der Waals surface area contributed by atoms with E-state index in [2.05, 4.69) is 10.6 Å².